The van der Waals surface area contributed by atoms with E-state index in [0.29, 0.717) is 5.56 Å². The number of carbonyl (C=O) groups is 1. The van der Waals surface area contributed by atoms with Crippen LogP contribution in [0.25, 0.3) is 0 Å². The third kappa shape index (κ3) is 2.97. The highest BCUT2D eigenvalue weighted by molar-refractivity contribution is 5.70. The number of esters is 1. The molecule has 4 nitrogen and oxygen atoms in total. The molecule has 16 heavy (non-hydrogen) atoms. The van der Waals surface area contributed by atoms with Gasteiger partial charge in [-0.15, -0.1) is 0 Å². The average molecular weight is 224 g/mol. The second-order valence-electron chi connectivity index (χ2n) is 3.52. The molecule has 88 valence electrons. The second kappa shape index (κ2) is 5.51. The summed E-state index contributed by atoms with van der Waals surface area (Å²) >= 11 is 0. The Kier molecular flexibility index (Phi) is 4.31. The maximum Gasteiger partial charge on any atom is 0.308 e. The minimum absolute atomic E-state index is 0.0380. The Bertz CT molecular complexity index is 373. The highest BCUT2D eigenvalue weighted by Crippen LogP contribution is 2.24. The molecular weight excluding hydrogens is 208 g/mol. The van der Waals surface area contributed by atoms with Crippen LogP contribution in [-0.2, 0) is 9.53 Å². The van der Waals surface area contributed by atoms with Crippen molar-refractivity contribution in [3.05, 3.63) is 29.3 Å². The van der Waals surface area contributed by atoms with Gasteiger partial charge in [0.25, 0.3) is 0 Å². The molecule has 0 fully saturated rings. The number of hydrogen-bond donors (Lipinski definition) is 1. The first-order valence-electron chi connectivity index (χ1n) is 4.98. The molecule has 0 radical (unpaired) electrons. The summed E-state index contributed by atoms with van der Waals surface area (Å²) in [7, 11) is 2.88. The first-order valence-corrected chi connectivity index (χ1v) is 4.98. The van der Waals surface area contributed by atoms with Crippen LogP contribution in [0.15, 0.2) is 18.2 Å². The number of aryl methyl sites for hydroxylation is 1. The number of aliphatic hydroxyl groups excluding tert-OH is 1. The van der Waals surface area contributed by atoms with E-state index >= 15 is 0 Å². The van der Waals surface area contributed by atoms with Crippen molar-refractivity contribution in [3.8, 4) is 5.75 Å². The summed E-state index contributed by atoms with van der Waals surface area (Å²) in [5.41, 5.74) is 1.60. The first kappa shape index (κ1) is 12.5. The highest BCUT2D eigenvalue weighted by Gasteiger charge is 2.15. The van der Waals surface area contributed by atoms with E-state index in [1.54, 1.807) is 19.2 Å². The zero-order valence-electron chi connectivity index (χ0n) is 9.69. The Morgan fingerprint density at radius 1 is 1.44 bits per heavy atom. The smallest absolute Gasteiger partial charge is 0.308 e. The second-order valence-corrected chi connectivity index (χ2v) is 3.52. The summed E-state index contributed by atoms with van der Waals surface area (Å²) in [6, 6.07) is 5.32. The van der Waals surface area contributed by atoms with Gasteiger partial charge in [-0.05, 0) is 30.2 Å². The van der Waals surface area contributed by atoms with Gasteiger partial charge in [-0.1, -0.05) is 6.07 Å². The van der Waals surface area contributed by atoms with E-state index in [2.05, 4.69) is 4.74 Å². The molecule has 4 heteroatoms. The number of methoxy groups -OCH3 is 2. The molecule has 1 N–H and O–H groups in total. The lowest BCUT2D eigenvalue weighted by molar-refractivity contribution is -0.142. The number of carbonyl (C=O) groups excluding carboxylic acids is 1. The van der Waals surface area contributed by atoms with Crippen LogP contribution in [0.3, 0.4) is 0 Å². The number of aliphatic hydroxyl groups is 1. The van der Waals surface area contributed by atoms with E-state index in [0.717, 1.165) is 11.3 Å². The fourth-order valence-electron chi connectivity index (χ4n) is 1.50. The molecule has 0 spiro atoms. The number of benzene rings is 1. The molecular formula is C12H16O4. The molecule has 0 saturated heterocycles. The van der Waals surface area contributed by atoms with Gasteiger partial charge in [-0.2, -0.15) is 0 Å². The molecule has 0 aliphatic heterocycles. The molecule has 1 aromatic rings. The molecule has 1 atom stereocenters. The van der Waals surface area contributed by atoms with Crippen molar-refractivity contribution in [1.29, 1.82) is 0 Å². The van der Waals surface area contributed by atoms with Crippen molar-refractivity contribution in [2.24, 2.45) is 0 Å². The van der Waals surface area contributed by atoms with Crippen molar-refractivity contribution in [3.63, 3.8) is 0 Å². The third-order valence-corrected chi connectivity index (χ3v) is 2.42. The Labute approximate surface area is 94.8 Å². The quantitative estimate of drug-likeness (QED) is 0.789. The van der Waals surface area contributed by atoms with Crippen LogP contribution in [0, 0.1) is 6.92 Å². The number of rotatable bonds is 4. The minimum Gasteiger partial charge on any atom is -0.497 e. The predicted molar refractivity (Wildman–Crippen MR) is 59.3 cm³/mol. The molecule has 1 aromatic carbocycles. The van der Waals surface area contributed by atoms with E-state index < -0.39 is 12.1 Å². The van der Waals surface area contributed by atoms with Gasteiger partial charge < -0.3 is 14.6 Å². The number of ether oxygens (including phenoxy) is 2. The van der Waals surface area contributed by atoms with Crippen LogP contribution in [0.5, 0.6) is 5.75 Å². The lowest BCUT2D eigenvalue weighted by atomic mass is 10.0. The minimum atomic E-state index is -0.835. The van der Waals surface area contributed by atoms with Crippen LogP contribution < -0.4 is 4.74 Å². The third-order valence-electron chi connectivity index (χ3n) is 2.42. The van der Waals surface area contributed by atoms with Gasteiger partial charge in [0.1, 0.15) is 5.75 Å². The Hall–Kier alpha value is -1.55. The van der Waals surface area contributed by atoms with E-state index in [9.17, 15) is 9.90 Å². The summed E-state index contributed by atoms with van der Waals surface area (Å²) < 4.78 is 9.56. The van der Waals surface area contributed by atoms with Crippen molar-refractivity contribution < 1.29 is 19.4 Å². The summed E-state index contributed by atoms with van der Waals surface area (Å²) in [5.74, 6) is 0.300. The molecule has 0 bridgehead atoms. The van der Waals surface area contributed by atoms with E-state index in [1.165, 1.54) is 7.11 Å². The first-order chi connectivity index (χ1) is 7.58. The van der Waals surface area contributed by atoms with Gasteiger partial charge in [-0.3, -0.25) is 4.79 Å². The fourth-order valence-corrected chi connectivity index (χ4v) is 1.50. The summed E-state index contributed by atoms with van der Waals surface area (Å²) in [4.78, 5) is 11.0. The molecule has 1 rings (SSSR count). The molecule has 0 saturated carbocycles. The van der Waals surface area contributed by atoms with Gasteiger partial charge in [0.15, 0.2) is 0 Å². The topological polar surface area (TPSA) is 55.8 Å². The predicted octanol–water partition coefficient (Wildman–Crippen LogP) is 1.60. The van der Waals surface area contributed by atoms with Gasteiger partial charge in [-0.25, -0.2) is 0 Å². The van der Waals surface area contributed by atoms with E-state index in [1.807, 2.05) is 13.0 Å². The zero-order chi connectivity index (χ0) is 12.1. The van der Waals surface area contributed by atoms with Crippen LogP contribution in [-0.4, -0.2) is 25.3 Å². The SMILES string of the molecule is COC(=O)CC(O)c1ccc(OC)cc1C. The number of hydrogen-bond acceptors (Lipinski definition) is 4. The highest BCUT2D eigenvalue weighted by atomic mass is 16.5. The molecule has 0 amide bonds. The molecule has 0 heterocycles. The standard InChI is InChI=1S/C12H16O4/c1-8-6-9(15-2)4-5-10(8)11(13)7-12(14)16-3/h4-6,11,13H,7H2,1-3H3. The largest absolute Gasteiger partial charge is 0.497 e. The van der Waals surface area contributed by atoms with Gasteiger partial charge >= 0.3 is 5.97 Å². The lowest BCUT2D eigenvalue weighted by Gasteiger charge is -2.13. The van der Waals surface area contributed by atoms with E-state index in [4.69, 9.17) is 4.74 Å². The van der Waals surface area contributed by atoms with Gasteiger partial charge in [0, 0.05) is 0 Å². The van der Waals surface area contributed by atoms with E-state index in [-0.39, 0.29) is 6.42 Å². The molecule has 0 aromatic heterocycles. The van der Waals surface area contributed by atoms with Crippen molar-refractivity contribution >= 4 is 5.97 Å². The van der Waals surface area contributed by atoms with Gasteiger partial charge in [0.2, 0.25) is 0 Å². The Balaban J connectivity index is 2.83. The summed E-state index contributed by atoms with van der Waals surface area (Å²) in [5, 5.41) is 9.82. The molecule has 1 unspecified atom stereocenters. The normalized spacial score (nSPS) is 12.0. The van der Waals surface area contributed by atoms with Crippen molar-refractivity contribution in [1.82, 2.24) is 0 Å². The van der Waals surface area contributed by atoms with Crippen LogP contribution in [0.2, 0.25) is 0 Å². The Morgan fingerprint density at radius 3 is 2.62 bits per heavy atom. The summed E-state index contributed by atoms with van der Waals surface area (Å²) in [6.07, 6.45) is -0.873. The average Bonchev–Trinajstić information content (AvgIpc) is 2.28. The van der Waals surface area contributed by atoms with Gasteiger partial charge in [0.05, 0.1) is 26.7 Å². The maximum atomic E-state index is 11.0. The summed E-state index contributed by atoms with van der Waals surface area (Å²) in [6.45, 7) is 1.86. The van der Waals surface area contributed by atoms with Crippen LogP contribution >= 0.6 is 0 Å². The Morgan fingerprint density at radius 2 is 2.12 bits per heavy atom. The zero-order valence-corrected chi connectivity index (χ0v) is 9.69. The fraction of sp³-hybridized carbons (Fsp3) is 0.417. The molecule has 0 aliphatic carbocycles. The molecule has 0 aliphatic rings. The van der Waals surface area contributed by atoms with Crippen molar-refractivity contribution in [2.75, 3.05) is 14.2 Å². The monoisotopic (exact) mass is 224 g/mol. The van der Waals surface area contributed by atoms with Crippen LogP contribution in [0.4, 0.5) is 0 Å². The lowest BCUT2D eigenvalue weighted by Crippen LogP contribution is -2.09. The maximum absolute atomic E-state index is 11.0. The van der Waals surface area contributed by atoms with Crippen LogP contribution in [0.1, 0.15) is 23.7 Å². The van der Waals surface area contributed by atoms with Crippen molar-refractivity contribution in [2.45, 2.75) is 19.4 Å².